The van der Waals surface area contributed by atoms with Crippen molar-refractivity contribution < 1.29 is 13.0 Å². The van der Waals surface area contributed by atoms with Gasteiger partial charge in [0.15, 0.2) is 0 Å². The van der Waals surface area contributed by atoms with Crippen LogP contribution < -0.4 is 0 Å². The summed E-state index contributed by atoms with van der Waals surface area (Å²) < 4.78 is 24.2. The van der Waals surface area contributed by atoms with Crippen LogP contribution in [0.1, 0.15) is 16.7 Å². The SMILES string of the molecule is Cc1ccc2c(c1)C2.O=[SH](=O)O. The van der Waals surface area contributed by atoms with E-state index in [4.69, 9.17) is 13.0 Å². The molecule has 12 heavy (non-hydrogen) atoms. The molecule has 0 aliphatic heterocycles. The van der Waals surface area contributed by atoms with Crippen molar-refractivity contribution in [1.82, 2.24) is 0 Å². The molecule has 0 unspecified atom stereocenters. The van der Waals surface area contributed by atoms with E-state index in [2.05, 4.69) is 25.1 Å². The third kappa shape index (κ3) is 3.02. The van der Waals surface area contributed by atoms with Crippen molar-refractivity contribution in [1.29, 1.82) is 0 Å². The molecule has 0 radical (unpaired) electrons. The lowest BCUT2D eigenvalue weighted by atomic mass is 10.2. The zero-order valence-corrected chi connectivity index (χ0v) is 7.54. The molecule has 0 fully saturated rings. The summed E-state index contributed by atoms with van der Waals surface area (Å²) in [6.07, 6.45) is 1.24. The molecule has 0 spiro atoms. The van der Waals surface area contributed by atoms with E-state index in [1.807, 2.05) is 0 Å². The van der Waals surface area contributed by atoms with Crippen LogP contribution in [0, 0.1) is 6.92 Å². The van der Waals surface area contributed by atoms with Gasteiger partial charge in [0.2, 0.25) is 0 Å². The molecule has 1 N–H and O–H groups in total. The Morgan fingerprint density at radius 1 is 1.33 bits per heavy atom. The van der Waals surface area contributed by atoms with E-state index in [0.29, 0.717) is 0 Å². The van der Waals surface area contributed by atoms with Gasteiger partial charge in [0, 0.05) is 0 Å². The fraction of sp³-hybridized carbons (Fsp3) is 0.250. The average molecular weight is 186 g/mol. The number of rotatable bonds is 0. The third-order valence-electron chi connectivity index (χ3n) is 1.62. The molecular formula is C8H10O3S. The lowest BCUT2D eigenvalue weighted by molar-refractivity contribution is 0.509. The van der Waals surface area contributed by atoms with Gasteiger partial charge in [0.1, 0.15) is 0 Å². The Bertz CT molecular complexity index is 347. The molecule has 0 heterocycles. The van der Waals surface area contributed by atoms with Crippen molar-refractivity contribution in [2.75, 3.05) is 0 Å². The standard InChI is InChI=1S/C8H8.H2O3S/c1-6-2-3-7-5-8(7)4-6;1-4(2)3/h2-4H,5H2,1H3;4H,(H,1,2,3). The van der Waals surface area contributed by atoms with Crippen molar-refractivity contribution in [2.45, 2.75) is 13.3 Å². The van der Waals surface area contributed by atoms with Crippen LogP contribution in [0.25, 0.3) is 0 Å². The largest absolute Gasteiger partial charge is 0.288 e. The molecule has 0 saturated heterocycles. The first-order valence-corrected chi connectivity index (χ1v) is 4.64. The first kappa shape index (κ1) is 9.22. The molecule has 66 valence electrons. The molecule has 1 aromatic rings. The minimum atomic E-state index is -3.12. The number of thiol groups is 1. The lowest BCUT2D eigenvalue weighted by Crippen LogP contribution is -1.63. The predicted octanol–water partition coefficient (Wildman–Crippen LogP) is 0.970. The van der Waals surface area contributed by atoms with E-state index in [-0.39, 0.29) is 0 Å². The van der Waals surface area contributed by atoms with Crippen LogP contribution >= 0.6 is 0 Å². The number of aryl methyl sites for hydroxylation is 1. The monoisotopic (exact) mass is 186 g/mol. The topological polar surface area (TPSA) is 54.4 Å². The van der Waals surface area contributed by atoms with Crippen LogP contribution in [0.2, 0.25) is 0 Å². The summed E-state index contributed by atoms with van der Waals surface area (Å²) in [4.78, 5) is 0. The quantitative estimate of drug-likeness (QED) is 0.476. The smallest absolute Gasteiger partial charge is 0.254 e. The molecular weight excluding hydrogens is 176 g/mol. The summed E-state index contributed by atoms with van der Waals surface area (Å²) in [6.45, 7) is 2.14. The van der Waals surface area contributed by atoms with Gasteiger partial charge in [-0.15, -0.1) is 0 Å². The Morgan fingerprint density at radius 3 is 2.33 bits per heavy atom. The molecule has 0 aromatic heterocycles. The first-order chi connectivity index (χ1) is 5.59. The molecule has 0 atom stereocenters. The average Bonchev–Trinajstić information content (AvgIpc) is 2.63. The van der Waals surface area contributed by atoms with Gasteiger partial charge in [-0.1, -0.05) is 23.8 Å². The van der Waals surface area contributed by atoms with Crippen LogP contribution in [-0.4, -0.2) is 13.0 Å². The van der Waals surface area contributed by atoms with E-state index in [9.17, 15) is 0 Å². The van der Waals surface area contributed by atoms with Crippen molar-refractivity contribution in [2.24, 2.45) is 0 Å². The van der Waals surface area contributed by atoms with Crippen molar-refractivity contribution in [3.63, 3.8) is 0 Å². The summed E-state index contributed by atoms with van der Waals surface area (Å²) in [5.74, 6) is 0. The van der Waals surface area contributed by atoms with Gasteiger partial charge >= 0.3 is 0 Å². The number of benzene rings is 1. The molecule has 0 saturated carbocycles. The number of fused-ring (bicyclic) bond motifs is 1. The van der Waals surface area contributed by atoms with Crippen LogP contribution in [0.5, 0.6) is 0 Å². The van der Waals surface area contributed by atoms with Crippen molar-refractivity contribution >= 4 is 11.0 Å². The molecule has 1 aliphatic carbocycles. The predicted molar refractivity (Wildman–Crippen MR) is 46.9 cm³/mol. The number of hydrogen-bond donors (Lipinski definition) is 2. The van der Waals surface area contributed by atoms with E-state index in [1.165, 1.54) is 17.5 Å². The Hall–Kier alpha value is -0.870. The van der Waals surface area contributed by atoms with E-state index in [0.717, 1.165) is 0 Å². The van der Waals surface area contributed by atoms with Crippen LogP contribution in [-0.2, 0) is 17.4 Å². The second-order valence-corrected chi connectivity index (χ2v) is 3.16. The lowest BCUT2D eigenvalue weighted by Gasteiger charge is -1.82. The van der Waals surface area contributed by atoms with Crippen molar-refractivity contribution in [3.8, 4) is 0 Å². The van der Waals surface area contributed by atoms with Gasteiger partial charge in [-0.05, 0) is 24.5 Å². The molecule has 0 amide bonds. The van der Waals surface area contributed by atoms with Gasteiger partial charge < -0.3 is 0 Å². The summed E-state index contributed by atoms with van der Waals surface area (Å²) >= 11 is 0. The molecule has 4 heteroatoms. The Morgan fingerprint density at radius 2 is 1.92 bits per heavy atom. The summed E-state index contributed by atoms with van der Waals surface area (Å²) in [6, 6.07) is 6.64. The second kappa shape index (κ2) is 3.69. The maximum Gasteiger partial charge on any atom is 0.254 e. The van der Waals surface area contributed by atoms with Crippen LogP contribution in [0.15, 0.2) is 18.2 Å². The fourth-order valence-corrected chi connectivity index (χ4v) is 1.03. The molecule has 2 rings (SSSR count). The Labute approximate surface area is 72.8 Å². The zero-order chi connectivity index (χ0) is 9.14. The van der Waals surface area contributed by atoms with Crippen LogP contribution in [0.3, 0.4) is 0 Å². The van der Waals surface area contributed by atoms with Gasteiger partial charge in [-0.3, -0.25) is 4.55 Å². The van der Waals surface area contributed by atoms with Gasteiger partial charge in [0.25, 0.3) is 11.0 Å². The molecule has 1 aliphatic rings. The Balaban J connectivity index is 0.000000157. The van der Waals surface area contributed by atoms with E-state index < -0.39 is 11.0 Å². The second-order valence-electron chi connectivity index (χ2n) is 2.69. The van der Waals surface area contributed by atoms with Crippen molar-refractivity contribution in [3.05, 3.63) is 34.9 Å². The minimum absolute atomic E-state index is 1.24. The summed E-state index contributed by atoms with van der Waals surface area (Å²) in [5, 5.41) is 0. The highest BCUT2D eigenvalue weighted by Crippen LogP contribution is 2.27. The minimum Gasteiger partial charge on any atom is -0.288 e. The molecule has 3 nitrogen and oxygen atoms in total. The van der Waals surface area contributed by atoms with E-state index >= 15 is 0 Å². The van der Waals surface area contributed by atoms with Gasteiger partial charge in [0.05, 0.1) is 0 Å². The highest BCUT2D eigenvalue weighted by Gasteiger charge is 2.14. The number of hydrogen-bond acceptors (Lipinski definition) is 2. The Kier molecular flexibility index (Phi) is 2.83. The summed E-state index contributed by atoms with van der Waals surface area (Å²) in [7, 11) is -3.12. The molecule has 1 aromatic carbocycles. The highest BCUT2D eigenvalue weighted by molar-refractivity contribution is 7.66. The van der Waals surface area contributed by atoms with Gasteiger partial charge in [-0.25, -0.2) is 8.42 Å². The maximum atomic E-state index is 8.59. The van der Waals surface area contributed by atoms with Crippen LogP contribution in [0.4, 0.5) is 0 Å². The summed E-state index contributed by atoms with van der Waals surface area (Å²) in [5.41, 5.74) is 4.47. The van der Waals surface area contributed by atoms with E-state index in [1.54, 1.807) is 5.56 Å². The first-order valence-electron chi connectivity index (χ1n) is 3.51. The maximum absolute atomic E-state index is 8.59. The normalized spacial score (nSPS) is 11.6. The fourth-order valence-electron chi connectivity index (χ4n) is 1.03. The molecule has 0 bridgehead atoms. The third-order valence-corrected chi connectivity index (χ3v) is 1.62. The zero-order valence-electron chi connectivity index (χ0n) is 6.65. The van der Waals surface area contributed by atoms with Gasteiger partial charge in [-0.2, -0.15) is 0 Å². The highest BCUT2D eigenvalue weighted by atomic mass is 32.2.